The maximum atomic E-state index is 12.6. The Balaban J connectivity index is 2.10. The highest BCUT2D eigenvalue weighted by Crippen LogP contribution is 2.30. The number of thiazole rings is 1. The van der Waals surface area contributed by atoms with Gasteiger partial charge in [0.25, 0.3) is 5.91 Å². The summed E-state index contributed by atoms with van der Waals surface area (Å²) in [5.74, 6) is -0.603. The number of benzene rings is 1. The summed E-state index contributed by atoms with van der Waals surface area (Å²) in [4.78, 5) is 29.1. The van der Waals surface area contributed by atoms with Crippen LogP contribution in [0.25, 0.3) is 10.2 Å². The number of carbonyl (C=O) groups excluding carboxylic acids is 2. The van der Waals surface area contributed by atoms with Gasteiger partial charge in [0.15, 0.2) is 4.80 Å². The van der Waals surface area contributed by atoms with Crippen molar-refractivity contribution >= 4 is 56.6 Å². The predicted octanol–water partition coefficient (Wildman–Crippen LogP) is 4.19. The molecule has 1 aromatic carbocycles. The van der Waals surface area contributed by atoms with E-state index in [1.54, 1.807) is 16.7 Å². The lowest BCUT2D eigenvalue weighted by Crippen LogP contribution is -2.24. The number of rotatable bonds is 3. The summed E-state index contributed by atoms with van der Waals surface area (Å²) in [6.45, 7) is -0.0609. The van der Waals surface area contributed by atoms with Crippen molar-refractivity contribution in [3.8, 4) is 0 Å². The van der Waals surface area contributed by atoms with Crippen molar-refractivity contribution in [1.82, 2.24) is 4.57 Å². The molecular formula is C17H18Cl2N2O3S. The number of hydrogen-bond donors (Lipinski definition) is 0. The minimum Gasteiger partial charge on any atom is -0.468 e. The molecule has 134 valence electrons. The lowest BCUT2D eigenvalue weighted by molar-refractivity contribution is -0.141. The molecular weight excluding hydrogens is 383 g/mol. The fourth-order valence-electron chi connectivity index (χ4n) is 3.09. The molecule has 8 heteroatoms. The first kappa shape index (κ1) is 18.4. The predicted molar refractivity (Wildman–Crippen MR) is 99.0 cm³/mol. The number of methoxy groups -OCH3 is 1. The van der Waals surface area contributed by atoms with Crippen LogP contribution in [0.1, 0.15) is 32.1 Å². The molecule has 0 saturated heterocycles. The van der Waals surface area contributed by atoms with Crippen LogP contribution in [0.3, 0.4) is 0 Å². The number of esters is 1. The number of fused-ring (bicyclic) bond motifs is 1. The molecule has 0 radical (unpaired) electrons. The van der Waals surface area contributed by atoms with E-state index >= 15 is 0 Å². The number of ether oxygens (including phenoxy) is 1. The second-order valence-electron chi connectivity index (χ2n) is 6.07. The van der Waals surface area contributed by atoms with Crippen molar-refractivity contribution < 1.29 is 14.3 Å². The fraction of sp³-hybridized carbons (Fsp3) is 0.471. The Bertz CT molecular complexity index is 882. The number of carbonyl (C=O) groups is 2. The topological polar surface area (TPSA) is 60.7 Å². The summed E-state index contributed by atoms with van der Waals surface area (Å²) in [6, 6.07) is 3.37. The van der Waals surface area contributed by atoms with E-state index in [4.69, 9.17) is 27.9 Å². The number of halogens is 2. The van der Waals surface area contributed by atoms with Crippen molar-refractivity contribution in [2.75, 3.05) is 7.11 Å². The first-order valence-electron chi connectivity index (χ1n) is 8.13. The molecule has 0 bridgehead atoms. The molecule has 0 aliphatic heterocycles. The highest BCUT2D eigenvalue weighted by molar-refractivity contribution is 7.16. The van der Waals surface area contributed by atoms with Gasteiger partial charge in [-0.15, -0.1) is 0 Å². The Labute approximate surface area is 159 Å². The third-order valence-corrected chi connectivity index (χ3v) is 5.90. The molecule has 1 aliphatic rings. The maximum absolute atomic E-state index is 12.6. The Morgan fingerprint density at radius 2 is 2.00 bits per heavy atom. The third-order valence-electron chi connectivity index (χ3n) is 4.37. The van der Waals surface area contributed by atoms with Crippen LogP contribution in [-0.4, -0.2) is 23.6 Å². The number of nitrogens with zero attached hydrogens (tertiary/aromatic N) is 2. The van der Waals surface area contributed by atoms with Crippen LogP contribution in [0, 0.1) is 5.92 Å². The monoisotopic (exact) mass is 400 g/mol. The average molecular weight is 401 g/mol. The fourth-order valence-corrected chi connectivity index (χ4v) is 4.91. The molecule has 1 fully saturated rings. The van der Waals surface area contributed by atoms with Crippen LogP contribution < -0.4 is 4.80 Å². The first-order valence-corrected chi connectivity index (χ1v) is 9.70. The highest BCUT2D eigenvalue weighted by atomic mass is 35.5. The van der Waals surface area contributed by atoms with Gasteiger partial charge in [0.1, 0.15) is 6.54 Å². The molecule has 1 amide bonds. The smallest absolute Gasteiger partial charge is 0.325 e. The van der Waals surface area contributed by atoms with E-state index in [2.05, 4.69) is 4.99 Å². The summed E-state index contributed by atoms with van der Waals surface area (Å²) in [5, 5.41) is 0.906. The van der Waals surface area contributed by atoms with Crippen LogP contribution in [-0.2, 0) is 20.9 Å². The van der Waals surface area contributed by atoms with Crippen LogP contribution in [0.4, 0.5) is 0 Å². The lowest BCUT2D eigenvalue weighted by Gasteiger charge is -2.17. The van der Waals surface area contributed by atoms with Gasteiger partial charge in [0, 0.05) is 10.9 Å². The van der Waals surface area contributed by atoms with E-state index < -0.39 is 5.97 Å². The minimum atomic E-state index is -0.433. The quantitative estimate of drug-likeness (QED) is 0.725. The molecule has 1 saturated carbocycles. The Kier molecular flexibility index (Phi) is 5.81. The van der Waals surface area contributed by atoms with E-state index in [-0.39, 0.29) is 18.4 Å². The Morgan fingerprint density at radius 1 is 1.28 bits per heavy atom. The zero-order chi connectivity index (χ0) is 18.0. The number of amides is 1. The molecule has 1 heterocycles. The van der Waals surface area contributed by atoms with Gasteiger partial charge in [0.2, 0.25) is 0 Å². The molecule has 2 aromatic rings. The van der Waals surface area contributed by atoms with E-state index in [0.29, 0.717) is 20.4 Å². The molecule has 0 N–H and O–H groups in total. The third kappa shape index (κ3) is 4.07. The second kappa shape index (κ2) is 7.89. The molecule has 0 unspecified atom stereocenters. The van der Waals surface area contributed by atoms with E-state index in [0.717, 1.165) is 30.4 Å². The Hall–Kier alpha value is -1.37. The summed E-state index contributed by atoms with van der Waals surface area (Å²) in [7, 11) is 1.32. The number of hydrogen-bond acceptors (Lipinski definition) is 4. The van der Waals surface area contributed by atoms with E-state index in [1.165, 1.54) is 24.9 Å². The highest BCUT2D eigenvalue weighted by Gasteiger charge is 2.22. The SMILES string of the molecule is COC(=O)Cn1c(=NC(=O)C2CCCCC2)sc2cc(Cl)cc(Cl)c21. The van der Waals surface area contributed by atoms with Crippen molar-refractivity contribution in [2.45, 2.75) is 38.6 Å². The Morgan fingerprint density at radius 3 is 2.68 bits per heavy atom. The molecule has 1 aliphatic carbocycles. The van der Waals surface area contributed by atoms with E-state index in [1.807, 2.05) is 0 Å². The zero-order valence-corrected chi connectivity index (χ0v) is 16.1. The van der Waals surface area contributed by atoms with Crippen molar-refractivity contribution in [2.24, 2.45) is 10.9 Å². The zero-order valence-electron chi connectivity index (χ0n) is 13.8. The minimum absolute atomic E-state index is 0.0374. The maximum Gasteiger partial charge on any atom is 0.325 e. The van der Waals surface area contributed by atoms with Gasteiger partial charge in [0.05, 0.1) is 22.3 Å². The van der Waals surface area contributed by atoms with Gasteiger partial charge in [-0.25, -0.2) is 0 Å². The molecule has 25 heavy (non-hydrogen) atoms. The van der Waals surface area contributed by atoms with Gasteiger partial charge in [-0.2, -0.15) is 4.99 Å². The lowest BCUT2D eigenvalue weighted by atomic mass is 9.89. The van der Waals surface area contributed by atoms with Gasteiger partial charge in [-0.1, -0.05) is 53.8 Å². The normalized spacial score (nSPS) is 16.4. The summed E-state index contributed by atoms with van der Waals surface area (Å²) >= 11 is 13.7. The van der Waals surface area contributed by atoms with Gasteiger partial charge in [-0.3, -0.25) is 9.59 Å². The molecule has 0 atom stereocenters. The molecule has 5 nitrogen and oxygen atoms in total. The number of aromatic nitrogens is 1. The second-order valence-corrected chi connectivity index (χ2v) is 7.92. The van der Waals surface area contributed by atoms with Crippen LogP contribution in [0.5, 0.6) is 0 Å². The van der Waals surface area contributed by atoms with Crippen molar-refractivity contribution in [3.63, 3.8) is 0 Å². The van der Waals surface area contributed by atoms with Gasteiger partial charge >= 0.3 is 5.97 Å². The summed E-state index contributed by atoms with van der Waals surface area (Å²) in [6.07, 6.45) is 5.03. The van der Waals surface area contributed by atoms with Gasteiger partial charge < -0.3 is 9.30 Å². The average Bonchev–Trinajstić information content (AvgIpc) is 2.92. The summed E-state index contributed by atoms with van der Waals surface area (Å²) in [5.41, 5.74) is 0.636. The molecule has 3 rings (SSSR count). The molecule has 0 spiro atoms. The van der Waals surface area contributed by atoms with Crippen molar-refractivity contribution in [3.05, 3.63) is 27.0 Å². The van der Waals surface area contributed by atoms with Crippen molar-refractivity contribution in [1.29, 1.82) is 0 Å². The summed E-state index contributed by atoms with van der Waals surface area (Å²) < 4.78 is 7.17. The molecule has 1 aromatic heterocycles. The standard InChI is InChI=1S/C17H18Cl2N2O3S/c1-24-14(22)9-21-15-12(19)7-11(18)8-13(15)25-17(21)20-16(23)10-5-3-2-4-6-10/h7-8,10H,2-6,9H2,1H3. The van der Waals surface area contributed by atoms with E-state index in [9.17, 15) is 9.59 Å². The van der Waals surface area contributed by atoms with Crippen LogP contribution in [0.15, 0.2) is 17.1 Å². The van der Waals surface area contributed by atoms with Crippen LogP contribution >= 0.6 is 34.5 Å². The first-order chi connectivity index (χ1) is 12.0. The largest absolute Gasteiger partial charge is 0.468 e. The van der Waals surface area contributed by atoms with Crippen LogP contribution in [0.2, 0.25) is 10.0 Å². The van der Waals surface area contributed by atoms with Gasteiger partial charge in [-0.05, 0) is 25.0 Å².